The Morgan fingerprint density at radius 3 is 3.00 bits per heavy atom. The Balaban J connectivity index is 2.19. The van der Waals surface area contributed by atoms with E-state index in [0.29, 0.717) is 11.7 Å². The maximum absolute atomic E-state index is 11.1. The predicted molar refractivity (Wildman–Crippen MR) is 65.5 cm³/mol. The summed E-state index contributed by atoms with van der Waals surface area (Å²) < 4.78 is 0. The van der Waals surface area contributed by atoms with Gasteiger partial charge in [-0.1, -0.05) is 0 Å². The third-order valence-corrected chi connectivity index (χ3v) is 3.02. The van der Waals surface area contributed by atoms with Crippen molar-refractivity contribution in [1.29, 1.82) is 0 Å². The van der Waals surface area contributed by atoms with Gasteiger partial charge in [0.15, 0.2) is 0 Å². The molecule has 0 saturated carbocycles. The number of nitrogens with one attached hydrogen (secondary N) is 1. The largest absolute Gasteiger partial charge is 0.478 e. The first-order valence-electron chi connectivity index (χ1n) is 5.71. The number of hydrogen-bond acceptors (Lipinski definition) is 4. The zero-order chi connectivity index (χ0) is 12.4. The molecule has 1 saturated heterocycles. The molecule has 5 heteroatoms. The molecule has 2 N–H and O–H groups in total. The molecule has 0 aromatic carbocycles. The monoisotopic (exact) mass is 235 g/mol. The first-order valence-corrected chi connectivity index (χ1v) is 5.71. The molecule has 1 atom stereocenters. The van der Waals surface area contributed by atoms with Gasteiger partial charge in [-0.25, -0.2) is 4.79 Å². The van der Waals surface area contributed by atoms with Crippen LogP contribution in [0, 0.1) is 6.92 Å². The molecular weight excluding hydrogens is 218 g/mol. The minimum atomic E-state index is -0.939. The Morgan fingerprint density at radius 2 is 2.41 bits per heavy atom. The predicted octanol–water partition coefficient (Wildman–Crippen LogP) is 1.20. The Hall–Kier alpha value is -1.62. The van der Waals surface area contributed by atoms with E-state index in [1.54, 1.807) is 6.07 Å². The summed E-state index contributed by atoms with van der Waals surface area (Å²) in [5.41, 5.74) is 1.74. The third kappa shape index (κ3) is 2.74. The summed E-state index contributed by atoms with van der Waals surface area (Å²) in [5, 5.41) is 12.4. The van der Waals surface area contributed by atoms with Crippen LogP contribution in [0.3, 0.4) is 0 Å². The fraction of sp³-hybridized carbons (Fsp3) is 0.500. The molecule has 5 nitrogen and oxygen atoms in total. The van der Waals surface area contributed by atoms with Crippen molar-refractivity contribution in [2.45, 2.75) is 19.4 Å². The molecule has 17 heavy (non-hydrogen) atoms. The standard InChI is InChI=1S/C12H17N3O2/c1-8-5-11(10(6-13-8)12(16)17)14-9-3-4-15(2)7-9/h5-6,9H,3-4,7H2,1-2H3,(H,13,14)(H,16,17). The van der Waals surface area contributed by atoms with Gasteiger partial charge in [0.2, 0.25) is 0 Å². The summed E-state index contributed by atoms with van der Waals surface area (Å²) in [6.45, 7) is 3.85. The zero-order valence-corrected chi connectivity index (χ0v) is 10.1. The highest BCUT2D eigenvalue weighted by atomic mass is 16.4. The van der Waals surface area contributed by atoms with Crippen LogP contribution in [0.5, 0.6) is 0 Å². The van der Waals surface area contributed by atoms with Crippen LogP contribution in [0.2, 0.25) is 0 Å². The lowest BCUT2D eigenvalue weighted by atomic mass is 10.1. The molecule has 0 radical (unpaired) electrons. The third-order valence-electron chi connectivity index (χ3n) is 3.02. The number of pyridine rings is 1. The number of nitrogens with zero attached hydrogens (tertiary/aromatic N) is 2. The van der Waals surface area contributed by atoms with Gasteiger partial charge in [0.25, 0.3) is 0 Å². The van der Waals surface area contributed by atoms with E-state index in [1.807, 2.05) is 6.92 Å². The summed E-state index contributed by atoms with van der Waals surface area (Å²) in [7, 11) is 2.07. The maximum atomic E-state index is 11.1. The fourth-order valence-corrected chi connectivity index (χ4v) is 2.12. The average molecular weight is 235 g/mol. The fourth-order valence-electron chi connectivity index (χ4n) is 2.12. The highest BCUT2D eigenvalue weighted by molar-refractivity contribution is 5.93. The Bertz CT molecular complexity index is 434. The van der Waals surface area contributed by atoms with Crippen LogP contribution in [-0.2, 0) is 0 Å². The molecule has 2 heterocycles. The summed E-state index contributed by atoms with van der Waals surface area (Å²) in [5.74, 6) is -0.939. The Morgan fingerprint density at radius 1 is 1.65 bits per heavy atom. The zero-order valence-electron chi connectivity index (χ0n) is 10.1. The van der Waals surface area contributed by atoms with Crippen molar-refractivity contribution < 1.29 is 9.90 Å². The van der Waals surface area contributed by atoms with Gasteiger partial charge in [0.05, 0.1) is 5.69 Å². The number of aromatic nitrogens is 1. The summed E-state index contributed by atoms with van der Waals surface area (Å²) in [4.78, 5) is 17.3. The van der Waals surface area contributed by atoms with E-state index in [2.05, 4.69) is 22.2 Å². The number of carbonyl (C=O) groups is 1. The number of hydrogen-bond donors (Lipinski definition) is 2. The van der Waals surface area contributed by atoms with Crippen LogP contribution >= 0.6 is 0 Å². The second kappa shape index (κ2) is 4.71. The molecule has 1 unspecified atom stereocenters. The number of anilines is 1. The van der Waals surface area contributed by atoms with E-state index in [9.17, 15) is 4.79 Å². The minimum absolute atomic E-state index is 0.241. The van der Waals surface area contributed by atoms with Crippen LogP contribution in [0.4, 0.5) is 5.69 Å². The van der Waals surface area contributed by atoms with Gasteiger partial charge in [-0.15, -0.1) is 0 Å². The molecule has 1 aliphatic rings. The number of carboxylic acid groups (broad SMARTS) is 1. The Kier molecular flexibility index (Phi) is 3.28. The van der Waals surface area contributed by atoms with E-state index in [-0.39, 0.29) is 5.56 Å². The molecule has 0 aliphatic carbocycles. The second-order valence-corrected chi connectivity index (χ2v) is 4.57. The summed E-state index contributed by atoms with van der Waals surface area (Å²) >= 11 is 0. The van der Waals surface area contributed by atoms with Crippen LogP contribution in [-0.4, -0.2) is 47.1 Å². The van der Waals surface area contributed by atoms with Crippen molar-refractivity contribution >= 4 is 11.7 Å². The number of likely N-dealkylation sites (N-methyl/N-ethyl adjacent to an activating group) is 1. The number of aromatic carboxylic acids is 1. The normalized spacial score (nSPS) is 20.5. The molecule has 1 fully saturated rings. The highest BCUT2D eigenvalue weighted by Gasteiger charge is 2.21. The quantitative estimate of drug-likeness (QED) is 0.824. The van der Waals surface area contributed by atoms with Crippen molar-refractivity contribution in [1.82, 2.24) is 9.88 Å². The number of likely N-dealkylation sites (tertiary alicyclic amines) is 1. The number of carboxylic acids is 1. The van der Waals surface area contributed by atoms with Crippen molar-refractivity contribution in [3.63, 3.8) is 0 Å². The lowest BCUT2D eigenvalue weighted by Crippen LogP contribution is -2.24. The van der Waals surface area contributed by atoms with E-state index in [1.165, 1.54) is 6.20 Å². The van der Waals surface area contributed by atoms with Crippen molar-refractivity contribution in [3.05, 3.63) is 23.5 Å². The van der Waals surface area contributed by atoms with Crippen molar-refractivity contribution in [3.8, 4) is 0 Å². The molecule has 92 valence electrons. The van der Waals surface area contributed by atoms with E-state index in [0.717, 1.165) is 25.2 Å². The first kappa shape index (κ1) is 11.9. The van der Waals surface area contributed by atoms with Crippen molar-refractivity contribution in [2.24, 2.45) is 0 Å². The van der Waals surface area contributed by atoms with Crippen molar-refractivity contribution in [2.75, 3.05) is 25.5 Å². The van der Waals surface area contributed by atoms with Gasteiger partial charge in [0, 0.05) is 24.5 Å². The smallest absolute Gasteiger partial charge is 0.339 e. The lowest BCUT2D eigenvalue weighted by Gasteiger charge is -2.16. The van der Waals surface area contributed by atoms with E-state index in [4.69, 9.17) is 5.11 Å². The SMILES string of the molecule is Cc1cc(NC2CCN(C)C2)c(C(=O)O)cn1. The molecular formula is C12H17N3O2. The van der Waals surface area contributed by atoms with E-state index < -0.39 is 5.97 Å². The van der Waals surface area contributed by atoms with Gasteiger partial charge in [-0.05, 0) is 33.0 Å². The van der Waals surface area contributed by atoms with Gasteiger partial charge < -0.3 is 15.3 Å². The van der Waals surface area contributed by atoms with Crippen LogP contribution < -0.4 is 5.32 Å². The molecule has 1 aliphatic heterocycles. The van der Waals surface area contributed by atoms with Gasteiger partial charge >= 0.3 is 5.97 Å². The Labute approximate surface area is 100 Å². The molecule has 0 spiro atoms. The number of rotatable bonds is 3. The summed E-state index contributed by atoms with van der Waals surface area (Å²) in [6, 6.07) is 2.11. The maximum Gasteiger partial charge on any atom is 0.339 e. The van der Waals surface area contributed by atoms with Gasteiger partial charge in [-0.3, -0.25) is 4.98 Å². The highest BCUT2D eigenvalue weighted by Crippen LogP contribution is 2.19. The molecule has 1 aromatic heterocycles. The molecule has 1 aromatic rings. The van der Waals surface area contributed by atoms with E-state index >= 15 is 0 Å². The topological polar surface area (TPSA) is 65.5 Å². The lowest BCUT2D eigenvalue weighted by molar-refractivity contribution is 0.0697. The molecule has 0 amide bonds. The molecule has 2 rings (SSSR count). The van der Waals surface area contributed by atoms with Gasteiger partial charge in [-0.2, -0.15) is 0 Å². The van der Waals surface area contributed by atoms with Crippen LogP contribution in [0.25, 0.3) is 0 Å². The van der Waals surface area contributed by atoms with Crippen LogP contribution in [0.1, 0.15) is 22.5 Å². The van der Waals surface area contributed by atoms with Crippen LogP contribution in [0.15, 0.2) is 12.3 Å². The first-order chi connectivity index (χ1) is 8.06. The molecule has 0 bridgehead atoms. The minimum Gasteiger partial charge on any atom is -0.478 e. The number of aryl methyl sites for hydroxylation is 1. The summed E-state index contributed by atoms with van der Waals surface area (Å²) in [6.07, 6.45) is 2.45. The second-order valence-electron chi connectivity index (χ2n) is 4.57. The average Bonchev–Trinajstić information content (AvgIpc) is 2.63. The van der Waals surface area contributed by atoms with Gasteiger partial charge in [0.1, 0.15) is 5.56 Å².